The van der Waals surface area contributed by atoms with Crippen molar-refractivity contribution in [2.45, 2.75) is 31.5 Å². The highest BCUT2D eigenvalue weighted by Gasteiger charge is 2.33. The third-order valence-electron chi connectivity index (χ3n) is 5.76. The van der Waals surface area contributed by atoms with Gasteiger partial charge < -0.3 is 4.74 Å². The summed E-state index contributed by atoms with van der Waals surface area (Å²) in [4.78, 5) is 16.2. The number of hydrogen-bond acceptors (Lipinski definition) is 6. The van der Waals surface area contributed by atoms with Gasteiger partial charge in [0, 0.05) is 42.7 Å². The normalized spacial score (nSPS) is 16.1. The number of pyridine rings is 1. The van der Waals surface area contributed by atoms with Crippen LogP contribution in [0.4, 0.5) is 13.2 Å². The Bertz CT molecular complexity index is 1330. The molecule has 1 aliphatic heterocycles. The maximum Gasteiger partial charge on any atom is 0.433 e. The summed E-state index contributed by atoms with van der Waals surface area (Å²) in [6.45, 7) is 0.569. The van der Waals surface area contributed by atoms with E-state index in [-0.39, 0.29) is 31.2 Å². The monoisotopic (exact) mass is 497 g/mol. The second kappa shape index (κ2) is 8.96. The van der Waals surface area contributed by atoms with Crippen molar-refractivity contribution in [1.82, 2.24) is 19.1 Å². The highest BCUT2D eigenvalue weighted by molar-refractivity contribution is 7.86. The molecule has 3 heterocycles. The number of carbonyl (C=O) groups is 1. The van der Waals surface area contributed by atoms with E-state index in [9.17, 15) is 26.4 Å². The zero-order valence-corrected chi connectivity index (χ0v) is 18.9. The number of ether oxygens (including phenoxy) is 1. The zero-order valence-electron chi connectivity index (χ0n) is 18.1. The van der Waals surface area contributed by atoms with Gasteiger partial charge in [0.1, 0.15) is 17.1 Å². The molecule has 0 aliphatic carbocycles. The number of benzene rings is 1. The average molecular weight is 497 g/mol. The van der Waals surface area contributed by atoms with Crippen molar-refractivity contribution in [3.05, 3.63) is 53.5 Å². The smallest absolute Gasteiger partial charge is 0.433 e. The van der Waals surface area contributed by atoms with Crippen LogP contribution in [0.5, 0.6) is 5.75 Å². The fraction of sp³-hybridized carbons (Fsp3) is 0.381. The molecule has 0 spiro atoms. The van der Waals surface area contributed by atoms with Gasteiger partial charge in [0.2, 0.25) is 0 Å². The summed E-state index contributed by atoms with van der Waals surface area (Å²) in [5.74, 6) is -0.200. The quantitative estimate of drug-likeness (QED) is 0.523. The van der Waals surface area contributed by atoms with Crippen LogP contribution < -0.4 is 9.88 Å². The lowest BCUT2D eigenvalue weighted by atomic mass is 10.0. The van der Waals surface area contributed by atoms with Gasteiger partial charge in [-0.3, -0.25) is 9.48 Å². The molecule has 0 saturated carbocycles. The van der Waals surface area contributed by atoms with E-state index in [0.29, 0.717) is 29.7 Å². The largest absolute Gasteiger partial charge is 0.496 e. The van der Waals surface area contributed by atoms with Crippen molar-refractivity contribution < 1.29 is 31.1 Å². The second-order valence-electron chi connectivity index (χ2n) is 8.01. The molecule has 2 N–H and O–H groups in total. The fourth-order valence-corrected chi connectivity index (χ4v) is 4.73. The summed E-state index contributed by atoms with van der Waals surface area (Å²) < 4.78 is 70.2. The molecule has 1 fully saturated rings. The van der Waals surface area contributed by atoms with Crippen molar-refractivity contribution >= 4 is 26.9 Å². The lowest BCUT2D eigenvalue weighted by Gasteiger charge is -2.29. The van der Waals surface area contributed by atoms with E-state index < -0.39 is 27.9 Å². The summed E-state index contributed by atoms with van der Waals surface area (Å²) in [5.41, 5.74) is -0.313. The Kier molecular flexibility index (Phi) is 6.36. The average Bonchev–Trinajstić information content (AvgIpc) is 3.20. The van der Waals surface area contributed by atoms with E-state index in [2.05, 4.69) is 10.1 Å². The SMILES string of the molecule is COc1cc2nn(C3CCN(S(N)(=O)=O)CC3)cc2cc1CC(=O)c1cccc(C(F)(F)F)n1. The van der Waals surface area contributed by atoms with Gasteiger partial charge >= 0.3 is 6.18 Å². The van der Waals surface area contributed by atoms with Crippen molar-refractivity contribution in [3.8, 4) is 5.75 Å². The van der Waals surface area contributed by atoms with Gasteiger partial charge in [-0.15, -0.1) is 0 Å². The van der Waals surface area contributed by atoms with Gasteiger partial charge in [0.05, 0.1) is 18.7 Å². The van der Waals surface area contributed by atoms with Crippen molar-refractivity contribution in [1.29, 1.82) is 0 Å². The Morgan fingerprint density at radius 3 is 2.56 bits per heavy atom. The van der Waals surface area contributed by atoms with E-state index in [1.807, 2.05) is 0 Å². The Morgan fingerprint density at radius 2 is 1.94 bits per heavy atom. The predicted molar refractivity (Wildman–Crippen MR) is 117 cm³/mol. The summed E-state index contributed by atoms with van der Waals surface area (Å²) in [7, 11) is -2.30. The van der Waals surface area contributed by atoms with Gasteiger partial charge in [-0.25, -0.2) is 10.1 Å². The molecule has 34 heavy (non-hydrogen) atoms. The molecular weight excluding hydrogens is 475 g/mol. The van der Waals surface area contributed by atoms with Crippen LogP contribution in [0.15, 0.2) is 36.5 Å². The van der Waals surface area contributed by atoms with Crippen LogP contribution >= 0.6 is 0 Å². The summed E-state index contributed by atoms with van der Waals surface area (Å²) in [5, 5.41) is 10.5. The van der Waals surface area contributed by atoms with Crippen molar-refractivity contribution in [3.63, 3.8) is 0 Å². The zero-order chi connectivity index (χ0) is 24.7. The summed E-state index contributed by atoms with van der Waals surface area (Å²) in [6.07, 6.45) is -1.98. The molecule has 0 unspecified atom stereocenters. The number of rotatable bonds is 6. The van der Waals surface area contributed by atoms with Gasteiger partial charge in [0.25, 0.3) is 10.2 Å². The second-order valence-corrected chi connectivity index (χ2v) is 9.56. The maximum atomic E-state index is 12.9. The molecule has 0 radical (unpaired) electrons. The van der Waals surface area contributed by atoms with E-state index in [4.69, 9.17) is 9.88 Å². The number of nitrogens with zero attached hydrogens (tertiary/aromatic N) is 4. The predicted octanol–water partition coefficient (Wildman–Crippen LogP) is 2.72. The number of fused-ring (bicyclic) bond motifs is 1. The van der Waals surface area contributed by atoms with Crippen LogP contribution in [0.2, 0.25) is 0 Å². The van der Waals surface area contributed by atoms with E-state index in [1.165, 1.54) is 17.5 Å². The third kappa shape index (κ3) is 5.05. The Labute approximate surface area is 193 Å². The summed E-state index contributed by atoms with van der Waals surface area (Å²) in [6, 6.07) is 6.54. The molecule has 2 aromatic heterocycles. The molecule has 4 rings (SSSR count). The molecular formula is C21H22F3N5O4S. The number of nitrogens with two attached hydrogens (primary N) is 1. The number of ketones is 1. The molecule has 0 atom stereocenters. The number of hydrogen-bond donors (Lipinski definition) is 1. The number of alkyl halides is 3. The Morgan fingerprint density at radius 1 is 1.24 bits per heavy atom. The summed E-state index contributed by atoms with van der Waals surface area (Å²) >= 11 is 0. The Hall–Kier alpha value is -3.03. The minimum atomic E-state index is -4.65. The van der Waals surface area contributed by atoms with Gasteiger partial charge in [-0.05, 0) is 31.0 Å². The lowest BCUT2D eigenvalue weighted by molar-refractivity contribution is -0.141. The fourth-order valence-electron chi connectivity index (χ4n) is 4.01. The number of Topliss-reactive ketones (excluding diaryl/α,β-unsaturated/α-hetero) is 1. The van der Waals surface area contributed by atoms with Crippen molar-refractivity contribution in [2.75, 3.05) is 20.2 Å². The van der Waals surface area contributed by atoms with Gasteiger partial charge in [0.15, 0.2) is 5.78 Å². The van der Waals surface area contributed by atoms with E-state index >= 15 is 0 Å². The molecule has 0 amide bonds. The van der Waals surface area contributed by atoms with E-state index in [1.54, 1.807) is 23.0 Å². The first-order valence-corrected chi connectivity index (χ1v) is 11.9. The minimum Gasteiger partial charge on any atom is -0.496 e. The number of halogens is 3. The lowest BCUT2D eigenvalue weighted by Crippen LogP contribution is -2.42. The number of aromatic nitrogens is 3. The van der Waals surface area contributed by atoms with E-state index in [0.717, 1.165) is 17.5 Å². The molecule has 1 aliphatic rings. The highest BCUT2D eigenvalue weighted by Crippen LogP contribution is 2.31. The molecule has 13 heteroatoms. The first-order chi connectivity index (χ1) is 16.0. The molecule has 182 valence electrons. The first-order valence-electron chi connectivity index (χ1n) is 10.4. The van der Waals surface area contributed by atoms with Gasteiger partial charge in [-0.2, -0.15) is 31.0 Å². The van der Waals surface area contributed by atoms with Crippen molar-refractivity contribution in [2.24, 2.45) is 5.14 Å². The van der Waals surface area contributed by atoms with Crippen LogP contribution in [0.3, 0.4) is 0 Å². The van der Waals surface area contributed by atoms with Crippen LogP contribution in [0, 0.1) is 0 Å². The van der Waals surface area contributed by atoms with Gasteiger partial charge in [-0.1, -0.05) is 6.07 Å². The van der Waals surface area contributed by atoms with Crippen LogP contribution in [-0.2, 0) is 22.8 Å². The molecule has 0 bridgehead atoms. The topological polar surface area (TPSA) is 120 Å². The minimum absolute atomic E-state index is 0.0317. The number of methoxy groups -OCH3 is 1. The Balaban J connectivity index is 1.57. The van der Waals surface area contributed by atoms with Crippen LogP contribution in [-0.4, -0.2) is 53.5 Å². The molecule has 1 saturated heterocycles. The standard InChI is InChI=1S/C21H22F3N5O4S/c1-33-19-11-17-14(12-29(27-17)15-5-7-28(8-6-15)34(25,31)32)9-13(19)10-18(30)16-3-2-4-20(26-16)21(22,23)24/h2-4,9,11-12,15H,5-8,10H2,1H3,(H2,25,31,32). The number of carbonyl (C=O) groups excluding carboxylic acids is 1. The van der Waals surface area contributed by atoms with Crippen LogP contribution in [0.25, 0.3) is 10.9 Å². The third-order valence-corrected chi connectivity index (χ3v) is 6.84. The van der Waals surface area contributed by atoms with Crippen LogP contribution in [0.1, 0.15) is 40.6 Å². The first kappa shape index (κ1) is 24.1. The molecule has 3 aromatic rings. The maximum absolute atomic E-state index is 12.9. The highest BCUT2D eigenvalue weighted by atomic mass is 32.2. The molecule has 9 nitrogen and oxygen atoms in total. The number of piperidine rings is 1. The molecule has 1 aromatic carbocycles.